The van der Waals surface area contributed by atoms with Gasteiger partial charge in [-0.05, 0) is 37.3 Å². The van der Waals surface area contributed by atoms with E-state index in [1.165, 1.54) is 6.07 Å². The average molecular weight is 265 g/mol. The van der Waals surface area contributed by atoms with Gasteiger partial charge in [-0.25, -0.2) is 9.18 Å². The Bertz CT molecular complexity index is 469. The van der Waals surface area contributed by atoms with Crippen LogP contribution in [-0.2, 0) is 0 Å². The van der Waals surface area contributed by atoms with Gasteiger partial charge in [0.05, 0.1) is 5.69 Å². The lowest BCUT2D eigenvalue weighted by atomic mass is 10.1. The van der Waals surface area contributed by atoms with Gasteiger partial charge in [-0.2, -0.15) is 0 Å². The maximum atomic E-state index is 13.7. The van der Waals surface area contributed by atoms with Crippen molar-refractivity contribution in [2.24, 2.45) is 5.92 Å². The molecule has 3 nitrogen and oxygen atoms in total. The molecule has 0 aliphatic heterocycles. The van der Waals surface area contributed by atoms with Crippen molar-refractivity contribution in [2.75, 3.05) is 11.4 Å². The lowest BCUT2D eigenvalue weighted by Gasteiger charge is -2.27. The summed E-state index contributed by atoms with van der Waals surface area (Å²) >= 11 is 0. The quantitative estimate of drug-likeness (QED) is 0.855. The molecule has 1 aromatic carbocycles. The number of carboxylic acids is 1. The number of anilines is 1. The molecule has 1 aliphatic carbocycles. The zero-order chi connectivity index (χ0) is 14.0. The molecular weight excluding hydrogens is 245 g/mol. The lowest BCUT2D eigenvalue weighted by Crippen LogP contribution is -2.29. The molecule has 0 spiro atoms. The number of aromatic carboxylic acids is 1. The van der Waals surface area contributed by atoms with Crippen LogP contribution in [0.1, 0.15) is 43.5 Å². The van der Waals surface area contributed by atoms with E-state index in [2.05, 4.69) is 18.7 Å². The minimum absolute atomic E-state index is 0.196. The molecule has 2 rings (SSSR count). The molecule has 19 heavy (non-hydrogen) atoms. The van der Waals surface area contributed by atoms with Gasteiger partial charge in [-0.3, -0.25) is 0 Å². The highest BCUT2D eigenvalue weighted by Crippen LogP contribution is 2.34. The third-order valence-corrected chi connectivity index (χ3v) is 3.45. The number of rotatable bonds is 6. The summed E-state index contributed by atoms with van der Waals surface area (Å²) in [4.78, 5) is 13.3. The Kier molecular flexibility index (Phi) is 4.08. The molecule has 0 atom stereocenters. The first-order valence-corrected chi connectivity index (χ1v) is 6.79. The molecule has 1 fully saturated rings. The van der Waals surface area contributed by atoms with Gasteiger partial charge in [-0.15, -0.1) is 0 Å². The van der Waals surface area contributed by atoms with Gasteiger partial charge < -0.3 is 10.0 Å². The summed E-state index contributed by atoms with van der Waals surface area (Å²) in [6, 6.07) is 4.88. The second-order valence-corrected chi connectivity index (χ2v) is 5.55. The normalized spacial score (nSPS) is 14.7. The summed E-state index contributed by atoms with van der Waals surface area (Å²) in [6.07, 6.45) is 3.10. The molecular formula is C15H20FNO2. The van der Waals surface area contributed by atoms with Gasteiger partial charge in [0.1, 0.15) is 11.4 Å². The summed E-state index contributed by atoms with van der Waals surface area (Å²) in [5, 5.41) is 9.21. The number of carboxylic acid groups (broad SMARTS) is 1. The van der Waals surface area contributed by atoms with Crippen molar-refractivity contribution < 1.29 is 14.3 Å². The first kappa shape index (κ1) is 13.8. The van der Waals surface area contributed by atoms with Gasteiger partial charge in [0.2, 0.25) is 0 Å². The number of halogens is 1. The molecule has 4 heteroatoms. The fraction of sp³-hybridized carbons (Fsp3) is 0.533. The van der Waals surface area contributed by atoms with E-state index in [9.17, 15) is 14.3 Å². The van der Waals surface area contributed by atoms with Crippen LogP contribution in [0, 0.1) is 11.7 Å². The summed E-state index contributed by atoms with van der Waals surface area (Å²) in [7, 11) is 0. The largest absolute Gasteiger partial charge is 0.478 e. The highest BCUT2D eigenvalue weighted by molar-refractivity contribution is 5.95. The Labute approximate surface area is 113 Å². The minimum atomic E-state index is -1.19. The Morgan fingerprint density at radius 1 is 1.47 bits per heavy atom. The zero-order valence-electron chi connectivity index (χ0n) is 11.4. The molecule has 0 amide bonds. The Hall–Kier alpha value is -1.58. The van der Waals surface area contributed by atoms with Gasteiger partial charge >= 0.3 is 5.97 Å². The van der Waals surface area contributed by atoms with E-state index < -0.39 is 11.8 Å². The number of hydrogen-bond acceptors (Lipinski definition) is 2. The fourth-order valence-electron chi connectivity index (χ4n) is 2.25. The average Bonchev–Trinajstić information content (AvgIpc) is 3.12. The molecule has 104 valence electrons. The first-order chi connectivity index (χ1) is 9.00. The van der Waals surface area contributed by atoms with Gasteiger partial charge in [0.25, 0.3) is 0 Å². The van der Waals surface area contributed by atoms with E-state index in [-0.39, 0.29) is 5.56 Å². The Morgan fingerprint density at radius 2 is 2.16 bits per heavy atom. The molecule has 1 aromatic rings. The van der Waals surface area contributed by atoms with Gasteiger partial charge in [-0.1, -0.05) is 19.9 Å². The van der Waals surface area contributed by atoms with Crippen molar-refractivity contribution in [1.82, 2.24) is 0 Å². The fourth-order valence-corrected chi connectivity index (χ4v) is 2.25. The van der Waals surface area contributed by atoms with E-state index in [0.29, 0.717) is 17.6 Å². The highest BCUT2D eigenvalue weighted by atomic mass is 19.1. The van der Waals surface area contributed by atoms with E-state index in [4.69, 9.17) is 0 Å². The van der Waals surface area contributed by atoms with Crippen LogP contribution in [0.3, 0.4) is 0 Å². The molecule has 1 N–H and O–H groups in total. The molecule has 0 unspecified atom stereocenters. The monoisotopic (exact) mass is 265 g/mol. The van der Waals surface area contributed by atoms with Crippen LogP contribution < -0.4 is 4.90 Å². The molecule has 0 bridgehead atoms. The molecule has 0 heterocycles. The smallest absolute Gasteiger partial charge is 0.340 e. The van der Waals surface area contributed by atoms with Crippen molar-refractivity contribution >= 4 is 11.7 Å². The molecule has 1 aliphatic rings. The van der Waals surface area contributed by atoms with Gasteiger partial charge in [0.15, 0.2) is 0 Å². The second kappa shape index (κ2) is 5.59. The van der Waals surface area contributed by atoms with Gasteiger partial charge in [0, 0.05) is 12.6 Å². The zero-order valence-corrected chi connectivity index (χ0v) is 11.4. The maximum absolute atomic E-state index is 13.7. The van der Waals surface area contributed by atoms with Crippen LogP contribution in [0.2, 0.25) is 0 Å². The van der Waals surface area contributed by atoms with Crippen molar-refractivity contribution in [3.63, 3.8) is 0 Å². The third-order valence-electron chi connectivity index (χ3n) is 3.45. The van der Waals surface area contributed by atoms with E-state index in [1.807, 2.05) is 0 Å². The summed E-state index contributed by atoms with van der Waals surface area (Å²) in [6.45, 7) is 5.05. The SMILES string of the molecule is CC(C)CCN(c1cccc(F)c1C(=O)O)C1CC1. The van der Waals surface area contributed by atoms with E-state index >= 15 is 0 Å². The van der Waals surface area contributed by atoms with Crippen molar-refractivity contribution in [1.29, 1.82) is 0 Å². The van der Waals surface area contributed by atoms with Crippen LogP contribution in [0.4, 0.5) is 10.1 Å². The van der Waals surface area contributed by atoms with Crippen LogP contribution in [0.5, 0.6) is 0 Å². The minimum Gasteiger partial charge on any atom is -0.478 e. The van der Waals surface area contributed by atoms with Crippen LogP contribution in [-0.4, -0.2) is 23.7 Å². The van der Waals surface area contributed by atoms with Crippen LogP contribution in [0.25, 0.3) is 0 Å². The Balaban J connectivity index is 2.31. The van der Waals surface area contributed by atoms with Crippen LogP contribution >= 0.6 is 0 Å². The number of nitrogens with zero attached hydrogens (tertiary/aromatic N) is 1. The standard InChI is InChI=1S/C15H20FNO2/c1-10(2)8-9-17(11-6-7-11)13-5-3-4-12(16)14(13)15(18)19/h3-5,10-11H,6-9H2,1-2H3,(H,18,19). The van der Waals surface area contributed by atoms with E-state index in [0.717, 1.165) is 25.8 Å². The van der Waals surface area contributed by atoms with Crippen LogP contribution in [0.15, 0.2) is 18.2 Å². The number of carbonyl (C=O) groups is 1. The highest BCUT2D eigenvalue weighted by Gasteiger charge is 2.32. The molecule has 0 radical (unpaired) electrons. The number of benzene rings is 1. The maximum Gasteiger partial charge on any atom is 0.340 e. The van der Waals surface area contributed by atoms with E-state index in [1.54, 1.807) is 12.1 Å². The Morgan fingerprint density at radius 3 is 2.68 bits per heavy atom. The van der Waals surface area contributed by atoms with Crippen molar-refractivity contribution in [3.05, 3.63) is 29.6 Å². The third kappa shape index (κ3) is 3.25. The summed E-state index contributed by atoms with van der Waals surface area (Å²) in [5.41, 5.74) is 0.328. The summed E-state index contributed by atoms with van der Waals surface area (Å²) < 4.78 is 13.7. The van der Waals surface area contributed by atoms with Crippen molar-refractivity contribution in [2.45, 2.75) is 39.2 Å². The van der Waals surface area contributed by atoms with Crippen molar-refractivity contribution in [3.8, 4) is 0 Å². The lowest BCUT2D eigenvalue weighted by molar-refractivity contribution is 0.0692. The molecule has 0 saturated heterocycles. The number of hydrogen-bond donors (Lipinski definition) is 1. The summed E-state index contributed by atoms with van der Waals surface area (Å²) in [5.74, 6) is -1.30. The first-order valence-electron chi connectivity index (χ1n) is 6.79. The molecule has 0 aromatic heterocycles. The second-order valence-electron chi connectivity index (χ2n) is 5.55. The topological polar surface area (TPSA) is 40.5 Å². The predicted molar refractivity (Wildman–Crippen MR) is 73.2 cm³/mol. The predicted octanol–water partition coefficient (Wildman–Crippen LogP) is 3.54. The molecule has 1 saturated carbocycles.